The molecule has 10 heteroatoms. The molecule has 0 aliphatic heterocycles. The van der Waals surface area contributed by atoms with E-state index in [0.717, 1.165) is 19.3 Å². The van der Waals surface area contributed by atoms with Gasteiger partial charge in [-0.3, -0.25) is 0 Å². The average molecular weight is 369 g/mol. The van der Waals surface area contributed by atoms with Crippen molar-refractivity contribution in [1.82, 2.24) is 5.32 Å². The number of hydrogen-bond acceptors (Lipinski definition) is 8. The zero-order valence-corrected chi connectivity index (χ0v) is 15.0. The van der Waals surface area contributed by atoms with Crippen molar-refractivity contribution < 1.29 is 45.3 Å². The van der Waals surface area contributed by atoms with E-state index in [1.165, 1.54) is 0 Å². The molecule has 0 rings (SSSR count). The van der Waals surface area contributed by atoms with Crippen LogP contribution < -0.4 is 5.32 Å². The maximum atomic E-state index is 10.1. The molecule has 0 aliphatic rings. The average Bonchev–Trinajstić information content (AvgIpc) is 2.50. The van der Waals surface area contributed by atoms with Crippen LogP contribution in [-0.4, -0.2) is 90.8 Å². The van der Waals surface area contributed by atoms with Crippen LogP contribution in [0.4, 0.5) is 0 Å². The number of nitrogens with one attached hydrogen (secondary N) is 1. The van der Waals surface area contributed by atoms with Crippen LogP contribution in [-0.2, 0) is 9.59 Å². The van der Waals surface area contributed by atoms with E-state index in [-0.39, 0.29) is 0 Å². The molecule has 0 saturated carbocycles. The van der Waals surface area contributed by atoms with E-state index < -0.39 is 42.0 Å². The fourth-order valence-corrected chi connectivity index (χ4v) is 1.65. The Morgan fingerprint density at radius 3 is 1.56 bits per heavy atom. The lowest BCUT2D eigenvalue weighted by Crippen LogP contribution is -2.49. The molecule has 0 aromatic rings. The predicted molar refractivity (Wildman–Crippen MR) is 88.0 cm³/mol. The summed E-state index contributed by atoms with van der Waals surface area (Å²) in [4.78, 5) is 20.2. The molecule has 150 valence electrons. The topological polar surface area (TPSA) is 188 Å². The highest BCUT2D eigenvalue weighted by molar-refractivity contribution is 5.75. The van der Waals surface area contributed by atoms with Crippen molar-refractivity contribution >= 4 is 11.9 Å². The van der Waals surface area contributed by atoms with Gasteiger partial charge in [0.1, 0.15) is 12.2 Å². The first kappa shape index (κ1) is 25.9. The van der Waals surface area contributed by atoms with Crippen molar-refractivity contribution in [1.29, 1.82) is 0 Å². The van der Waals surface area contributed by atoms with E-state index in [2.05, 4.69) is 12.2 Å². The van der Waals surface area contributed by atoms with E-state index in [9.17, 15) is 14.7 Å². The Hall–Kier alpha value is -1.30. The molecular formula is C15H31NO9. The molecule has 5 atom stereocenters. The molecule has 0 aromatic heterocycles. The first-order valence-corrected chi connectivity index (χ1v) is 7.82. The van der Waals surface area contributed by atoms with E-state index >= 15 is 0 Å². The first-order valence-electron chi connectivity index (χ1n) is 7.82. The Bertz CT molecular complexity index is 373. The number of hydrogen-bond donors (Lipinski definition) is 8. The summed E-state index contributed by atoms with van der Waals surface area (Å²) in [5.74, 6) is -3.68. The standard InChI is InChI=1S/C9H21NO.C6H10O8/c1-8(10-4)6-5-7-9(2,3)11;7-1(3(9)5(11)12)2(8)4(10)6(13)14/h8,10-11H,5-7H2,1-4H3;1-4,7-10H,(H,11,12)(H,13,14)/t;1-,2+,3+,4-. The summed E-state index contributed by atoms with van der Waals surface area (Å²) in [6, 6.07) is 0.567. The largest absolute Gasteiger partial charge is 0.479 e. The predicted octanol–water partition coefficient (Wildman–Crippen LogP) is -1.87. The Kier molecular flexibility index (Phi) is 12.6. The monoisotopic (exact) mass is 369 g/mol. The maximum absolute atomic E-state index is 10.1. The van der Waals surface area contributed by atoms with Crippen molar-refractivity contribution in [3.05, 3.63) is 0 Å². The molecule has 0 spiro atoms. The fourth-order valence-electron chi connectivity index (χ4n) is 1.65. The van der Waals surface area contributed by atoms with Crippen LogP contribution >= 0.6 is 0 Å². The molecule has 0 bridgehead atoms. The van der Waals surface area contributed by atoms with Crippen molar-refractivity contribution in [3.63, 3.8) is 0 Å². The Labute approximate surface area is 146 Å². The van der Waals surface area contributed by atoms with Gasteiger partial charge in [0.05, 0.1) is 5.60 Å². The Morgan fingerprint density at radius 2 is 1.32 bits per heavy atom. The number of aliphatic hydroxyl groups excluding tert-OH is 4. The first-order chi connectivity index (χ1) is 11.2. The van der Waals surface area contributed by atoms with Gasteiger partial charge >= 0.3 is 11.9 Å². The second kappa shape index (κ2) is 12.1. The highest BCUT2D eigenvalue weighted by Gasteiger charge is 2.37. The molecule has 0 aromatic carbocycles. The zero-order valence-electron chi connectivity index (χ0n) is 15.0. The molecule has 0 saturated heterocycles. The highest BCUT2D eigenvalue weighted by Crippen LogP contribution is 2.12. The summed E-state index contributed by atoms with van der Waals surface area (Å²) in [6.07, 6.45) is -6.17. The summed E-state index contributed by atoms with van der Waals surface area (Å²) in [6.45, 7) is 5.87. The van der Waals surface area contributed by atoms with Gasteiger partial charge in [0.2, 0.25) is 0 Å². The van der Waals surface area contributed by atoms with Crippen molar-refractivity contribution in [3.8, 4) is 0 Å². The molecule has 10 nitrogen and oxygen atoms in total. The van der Waals surface area contributed by atoms with Gasteiger partial charge < -0.3 is 41.1 Å². The van der Waals surface area contributed by atoms with E-state index in [4.69, 9.17) is 30.6 Å². The van der Waals surface area contributed by atoms with Gasteiger partial charge in [-0.2, -0.15) is 0 Å². The van der Waals surface area contributed by atoms with Gasteiger partial charge in [-0.25, -0.2) is 9.59 Å². The number of rotatable bonds is 10. The molecular weight excluding hydrogens is 338 g/mol. The van der Waals surface area contributed by atoms with Gasteiger partial charge in [0, 0.05) is 6.04 Å². The lowest BCUT2D eigenvalue weighted by Gasteiger charge is -2.21. The fraction of sp³-hybridized carbons (Fsp3) is 0.867. The summed E-state index contributed by atoms with van der Waals surface area (Å²) in [5.41, 5.74) is -0.493. The minimum Gasteiger partial charge on any atom is -0.479 e. The summed E-state index contributed by atoms with van der Waals surface area (Å²) in [7, 11) is 1.97. The molecule has 0 amide bonds. The zero-order chi connectivity index (χ0) is 20.4. The molecule has 0 fully saturated rings. The summed E-state index contributed by atoms with van der Waals surface area (Å²) >= 11 is 0. The number of aliphatic hydroxyl groups is 5. The second-order valence-corrected chi connectivity index (χ2v) is 6.44. The van der Waals surface area contributed by atoms with Gasteiger partial charge in [-0.1, -0.05) is 0 Å². The minimum absolute atomic E-state index is 0.493. The Balaban J connectivity index is 0. The molecule has 0 radical (unpaired) electrons. The van der Waals surface area contributed by atoms with Crippen LogP contribution in [0.1, 0.15) is 40.0 Å². The van der Waals surface area contributed by atoms with E-state index in [0.29, 0.717) is 6.04 Å². The van der Waals surface area contributed by atoms with E-state index in [1.54, 1.807) is 0 Å². The molecule has 1 unspecified atom stereocenters. The SMILES string of the molecule is CNC(C)CCCC(C)(C)O.O=C(O)[C@@H](O)[C@H](O)[C@H](O)[C@@H](O)C(=O)O. The number of carboxylic acids is 2. The minimum atomic E-state index is -2.36. The molecule has 25 heavy (non-hydrogen) atoms. The third-order valence-corrected chi connectivity index (χ3v) is 3.42. The normalized spacial score (nSPS) is 17.5. The quantitative estimate of drug-likeness (QED) is 0.217. The lowest BCUT2D eigenvalue weighted by atomic mass is 10.00. The van der Waals surface area contributed by atoms with Crippen LogP contribution in [0.25, 0.3) is 0 Å². The van der Waals surface area contributed by atoms with Crippen LogP contribution in [0.3, 0.4) is 0 Å². The summed E-state index contributed by atoms with van der Waals surface area (Å²) < 4.78 is 0. The number of carbonyl (C=O) groups is 2. The third kappa shape index (κ3) is 12.7. The van der Waals surface area contributed by atoms with Gasteiger partial charge in [0.15, 0.2) is 12.2 Å². The number of carboxylic acid groups (broad SMARTS) is 2. The molecule has 8 N–H and O–H groups in total. The van der Waals surface area contributed by atoms with Crippen molar-refractivity contribution in [2.24, 2.45) is 0 Å². The Morgan fingerprint density at radius 1 is 0.960 bits per heavy atom. The van der Waals surface area contributed by atoms with Crippen LogP contribution in [0.15, 0.2) is 0 Å². The highest BCUT2D eigenvalue weighted by atomic mass is 16.4. The van der Waals surface area contributed by atoms with Gasteiger partial charge in [0.25, 0.3) is 0 Å². The summed E-state index contributed by atoms with van der Waals surface area (Å²) in [5, 5.41) is 64.0. The van der Waals surface area contributed by atoms with Gasteiger partial charge in [-0.05, 0) is 47.1 Å². The van der Waals surface area contributed by atoms with Gasteiger partial charge in [-0.15, -0.1) is 0 Å². The van der Waals surface area contributed by atoms with Crippen molar-refractivity contribution in [2.75, 3.05) is 7.05 Å². The van der Waals surface area contributed by atoms with Crippen LogP contribution in [0.2, 0.25) is 0 Å². The lowest BCUT2D eigenvalue weighted by molar-refractivity contribution is -0.172. The maximum Gasteiger partial charge on any atom is 0.335 e. The van der Waals surface area contributed by atoms with Crippen LogP contribution in [0, 0.1) is 0 Å². The second-order valence-electron chi connectivity index (χ2n) is 6.44. The number of aliphatic carboxylic acids is 2. The third-order valence-electron chi connectivity index (χ3n) is 3.42. The van der Waals surface area contributed by atoms with Crippen LogP contribution in [0.5, 0.6) is 0 Å². The smallest absolute Gasteiger partial charge is 0.335 e. The van der Waals surface area contributed by atoms with E-state index in [1.807, 2.05) is 20.9 Å². The molecule has 0 aliphatic carbocycles. The van der Waals surface area contributed by atoms with Crippen molar-refractivity contribution in [2.45, 2.75) is 76.1 Å². The molecule has 0 heterocycles.